The number of hydrogen-bond acceptors (Lipinski definition) is 11. The van der Waals surface area contributed by atoms with Gasteiger partial charge < -0.3 is 34.5 Å². The minimum absolute atomic E-state index is 0.121. The summed E-state index contributed by atoms with van der Waals surface area (Å²) in [6, 6.07) is 0. The van der Waals surface area contributed by atoms with E-state index >= 15 is 0 Å². The zero-order valence-electron chi connectivity index (χ0n) is 14.1. The molecule has 1 aromatic rings. The molecule has 172 valence electrons. The molecule has 7 N–H and O–H groups in total. The Morgan fingerprint density at radius 1 is 1.07 bits per heavy atom. The summed E-state index contributed by atoms with van der Waals surface area (Å²) < 4.78 is 50.6. The summed E-state index contributed by atoms with van der Waals surface area (Å²) in [5.41, 5.74) is -1.80. The average Bonchev–Trinajstić information content (AvgIpc) is 2.81. The fourth-order valence-electron chi connectivity index (χ4n) is 2.22. The number of H-pyrrole nitrogens is 1. The molecule has 0 bridgehead atoms. The van der Waals surface area contributed by atoms with Crippen molar-refractivity contribution in [1.29, 1.82) is 0 Å². The molecule has 2 rings (SSSR count). The van der Waals surface area contributed by atoms with E-state index in [9.17, 15) is 38.4 Å². The molecule has 2 heterocycles. The first-order valence-corrected chi connectivity index (χ1v) is 12.6. The lowest BCUT2D eigenvalue weighted by atomic mass is 10.1. The van der Waals surface area contributed by atoms with Gasteiger partial charge in [-0.15, -0.1) is 0 Å². The summed E-state index contributed by atoms with van der Waals surface area (Å²) in [7, 11) is -16.8. The van der Waals surface area contributed by atoms with E-state index in [0.29, 0.717) is 4.57 Å². The Morgan fingerprint density at radius 3 is 2.23 bits per heavy atom. The van der Waals surface area contributed by atoms with Crippen LogP contribution in [-0.4, -0.2) is 64.3 Å². The van der Waals surface area contributed by atoms with Crippen LogP contribution in [0, 0.1) is 0 Å². The monoisotopic (exact) mass is 562 g/mol. The Morgan fingerprint density at radius 2 is 1.67 bits per heavy atom. The van der Waals surface area contributed by atoms with Crippen molar-refractivity contribution in [2.75, 3.05) is 6.61 Å². The number of nitrogens with one attached hydrogen (secondary N) is 1. The quantitative estimate of drug-likeness (QED) is 0.173. The van der Waals surface area contributed by atoms with Crippen molar-refractivity contribution in [3.8, 4) is 0 Å². The number of aromatic amines is 1. The number of ether oxygens (including phenoxy) is 1. The van der Waals surface area contributed by atoms with Gasteiger partial charge in [0.05, 0.1) is 11.1 Å². The van der Waals surface area contributed by atoms with Gasteiger partial charge in [0, 0.05) is 6.20 Å². The van der Waals surface area contributed by atoms with Crippen molar-refractivity contribution >= 4 is 39.4 Å². The summed E-state index contributed by atoms with van der Waals surface area (Å²) in [6.07, 6.45) is -5.80. The number of aliphatic hydroxyl groups is 2. The normalized spacial score (nSPS) is 28.8. The summed E-state index contributed by atoms with van der Waals surface area (Å²) in [4.78, 5) is 60.5. The number of phosphoric acid groups is 3. The van der Waals surface area contributed by atoms with Crippen molar-refractivity contribution in [3.63, 3.8) is 0 Å². The zero-order valence-corrected chi connectivity index (χ0v) is 18.4. The summed E-state index contributed by atoms with van der Waals surface area (Å²) >= 11 is 2.85. The largest absolute Gasteiger partial charge is 0.490 e. The minimum Gasteiger partial charge on any atom is -0.387 e. The maximum atomic E-state index is 11.9. The van der Waals surface area contributed by atoms with Crippen LogP contribution in [-0.2, 0) is 31.6 Å². The Hall–Kier alpha value is -0.550. The van der Waals surface area contributed by atoms with Crippen molar-refractivity contribution < 1.29 is 61.4 Å². The number of aliphatic hydroxyl groups excluding tert-OH is 2. The lowest BCUT2D eigenvalue weighted by molar-refractivity contribution is -0.0543. The maximum Gasteiger partial charge on any atom is 0.490 e. The standard InChI is InChI=1S/C9H14BrN2O15P3/c10-3-1-12(9(16)11-7(3)15)8-6(14)5(13)4(25-8)2-24-29(20,21)27-30(22,23)26-28(17,18)19/h1,4-6,8,13-14H,2H2,(H,20,21)(H,22,23)(H,11,15,16)(H2,17,18,19)/t4-,5?,6?,8-/m0/s1. The second-order valence-corrected chi connectivity index (χ2v) is 10.9. The smallest absolute Gasteiger partial charge is 0.387 e. The van der Waals surface area contributed by atoms with Crippen LogP contribution in [0.2, 0.25) is 0 Å². The Kier molecular flexibility index (Phi) is 7.83. The molecule has 17 nitrogen and oxygen atoms in total. The molecule has 0 spiro atoms. The molecule has 6 atom stereocenters. The first kappa shape index (κ1) is 25.7. The third-order valence-electron chi connectivity index (χ3n) is 3.35. The third-order valence-corrected chi connectivity index (χ3v) is 7.72. The SMILES string of the molecule is O=c1[nH]c(=O)n([C@H]2O[C@@H](COP(=O)(O)OP(=O)(O)OP(=O)(O)O)C(O)C2O)cc1Br. The molecular weight excluding hydrogens is 549 g/mol. The first-order chi connectivity index (χ1) is 13.5. The van der Waals surface area contributed by atoms with E-state index in [1.807, 2.05) is 4.98 Å². The molecule has 1 aromatic heterocycles. The van der Waals surface area contributed by atoms with Gasteiger partial charge in [-0.25, -0.2) is 18.5 Å². The second-order valence-electron chi connectivity index (χ2n) is 5.58. The first-order valence-electron chi connectivity index (χ1n) is 7.32. The number of nitrogens with zero attached hydrogens (tertiary/aromatic N) is 1. The van der Waals surface area contributed by atoms with Crippen molar-refractivity contribution in [1.82, 2.24) is 9.55 Å². The Labute approximate surface area is 173 Å². The second kappa shape index (κ2) is 9.13. The topological polar surface area (TPSA) is 264 Å². The van der Waals surface area contributed by atoms with Crippen LogP contribution >= 0.6 is 39.4 Å². The highest BCUT2D eigenvalue weighted by Crippen LogP contribution is 2.66. The van der Waals surface area contributed by atoms with Crippen LogP contribution in [0.25, 0.3) is 0 Å². The van der Waals surface area contributed by atoms with E-state index in [-0.39, 0.29) is 4.47 Å². The van der Waals surface area contributed by atoms with Gasteiger partial charge in [0.15, 0.2) is 6.23 Å². The molecule has 0 aliphatic carbocycles. The highest BCUT2D eigenvalue weighted by molar-refractivity contribution is 9.10. The van der Waals surface area contributed by atoms with Gasteiger partial charge in [-0.2, -0.15) is 8.62 Å². The van der Waals surface area contributed by atoms with Crippen LogP contribution in [0.5, 0.6) is 0 Å². The molecule has 30 heavy (non-hydrogen) atoms. The fraction of sp³-hybridized carbons (Fsp3) is 0.556. The lowest BCUT2D eigenvalue weighted by Gasteiger charge is -2.19. The van der Waals surface area contributed by atoms with Gasteiger partial charge in [-0.1, -0.05) is 0 Å². The summed E-state index contributed by atoms with van der Waals surface area (Å²) in [6.45, 7) is -1.06. The van der Waals surface area contributed by atoms with Gasteiger partial charge in [-0.3, -0.25) is 18.9 Å². The minimum atomic E-state index is -5.74. The van der Waals surface area contributed by atoms with E-state index in [4.69, 9.17) is 19.4 Å². The number of hydrogen-bond donors (Lipinski definition) is 7. The molecule has 0 aromatic carbocycles. The molecule has 0 saturated carbocycles. The van der Waals surface area contributed by atoms with Crippen LogP contribution in [0.1, 0.15) is 6.23 Å². The van der Waals surface area contributed by atoms with Crippen LogP contribution in [0.4, 0.5) is 0 Å². The fourth-order valence-corrected chi connectivity index (χ4v) is 5.57. The van der Waals surface area contributed by atoms with Gasteiger partial charge in [0.2, 0.25) is 0 Å². The number of aromatic nitrogens is 2. The highest BCUT2D eigenvalue weighted by Gasteiger charge is 2.46. The van der Waals surface area contributed by atoms with Crippen LogP contribution < -0.4 is 11.2 Å². The van der Waals surface area contributed by atoms with Crippen molar-refractivity contribution in [3.05, 3.63) is 31.5 Å². The predicted octanol–water partition coefficient (Wildman–Crippen LogP) is -1.74. The van der Waals surface area contributed by atoms with E-state index in [2.05, 4.69) is 29.1 Å². The van der Waals surface area contributed by atoms with E-state index in [1.54, 1.807) is 0 Å². The molecule has 1 saturated heterocycles. The molecule has 1 aliphatic heterocycles. The van der Waals surface area contributed by atoms with E-state index in [1.165, 1.54) is 0 Å². The van der Waals surface area contributed by atoms with E-state index in [0.717, 1.165) is 6.20 Å². The average molecular weight is 563 g/mol. The molecule has 21 heteroatoms. The zero-order chi connectivity index (χ0) is 23.1. The molecule has 4 unspecified atom stereocenters. The molecule has 1 aliphatic rings. The van der Waals surface area contributed by atoms with Crippen LogP contribution in [0.3, 0.4) is 0 Å². The lowest BCUT2D eigenvalue weighted by Crippen LogP contribution is -2.38. The number of rotatable bonds is 8. The highest BCUT2D eigenvalue weighted by atomic mass is 79.9. The Bertz CT molecular complexity index is 1050. The maximum absolute atomic E-state index is 11.9. The van der Waals surface area contributed by atoms with Gasteiger partial charge >= 0.3 is 29.2 Å². The van der Waals surface area contributed by atoms with E-state index < -0.39 is 65.9 Å². The van der Waals surface area contributed by atoms with Gasteiger partial charge in [-0.05, 0) is 15.9 Å². The molecule has 0 radical (unpaired) electrons. The summed E-state index contributed by atoms with van der Waals surface area (Å²) in [5.74, 6) is 0. The predicted molar refractivity (Wildman–Crippen MR) is 94.8 cm³/mol. The van der Waals surface area contributed by atoms with Gasteiger partial charge in [0.25, 0.3) is 5.56 Å². The number of phosphoric ester groups is 1. The third kappa shape index (κ3) is 6.72. The van der Waals surface area contributed by atoms with Crippen molar-refractivity contribution in [2.24, 2.45) is 0 Å². The Balaban J connectivity index is 2.09. The molecule has 1 fully saturated rings. The molecular formula is C9H14BrN2O15P3. The summed E-state index contributed by atoms with van der Waals surface area (Å²) in [5, 5.41) is 20.0. The molecule has 0 amide bonds. The number of halogens is 1. The van der Waals surface area contributed by atoms with Gasteiger partial charge in [0.1, 0.15) is 18.3 Å². The van der Waals surface area contributed by atoms with Crippen molar-refractivity contribution in [2.45, 2.75) is 24.5 Å². The van der Waals surface area contributed by atoms with Crippen LogP contribution in [0.15, 0.2) is 20.3 Å².